The number of carbonyl (C=O) groups excluding carboxylic acids is 2. The SMILES string of the molecule is CCOCCCNC(=O)COC(=O)c1cc(-c2cc(C)sc2C)nc2onc(C)c12. The molecule has 9 heteroatoms. The van der Waals surface area contributed by atoms with Crippen molar-refractivity contribution in [2.24, 2.45) is 0 Å². The fourth-order valence-corrected chi connectivity index (χ4v) is 4.02. The molecule has 30 heavy (non-hydrogen) atoms. The quantitative estimate of drug-likeness (QED) is 0.408. The van der Waals surface area contributed by atoms with Crippen molar-refractivity contribution in [1.29, 1.82) is 0 Å². The van der Waals surface area contributed by atoms with E-state index in [-0.39, 0.29) is 23.8 Å². The molecule has 3 aromatic heterocycles. The molecule has 0 aliphatic rings. The van der Waals surface area contributed by atoms with E-state index in [2.05, 4.69) is 15.5 Å². The summed E-state index contributed by atoms with van der Waals surface area (Å²) in [6.45, 7) is 8.96. The van der Waals surface area contributed by atoms with Gasteiger partial charge < -0.3 is 19.3 Å². The van der Waals surface area contributed by atoms with Gasteiger partial charge in [0.2, 0.25) is 0 Å². The van der Waals surface area contributed by atoms with Crippen LogP contribution in [-0.4, -0.2) is 48.4 Å². The van der Waals surface area contributed by atoms with Crippen molar-refractivity contribution < 1.29 is 23.6 Å². The molecule has 8 nitrogen and oxygen atoms in total. The zero-order valence-electron chi connectivity index (χ0n) is 17.5. The van der Waals surface area contributed by atoms with Gasteiger partial charge in [-0.05, 0) is 46.2 Å². The first-order chi connectivity index (χ1) is 14.4. The van der Waals surface area contributed by atoms with Gasteiger partial charge in [-0.3, -0.25) is 4.79 Å². The molecule has 0 radical (unpaired) electrons. The number of nitrogens with zero attached hydrogens (tertiary/aromatic N) is 2. The van der Waals surface area contributed by atoms with Gasteiger partial charge in [0, 0.05) is 35.1 Å². The molecule has 0 saturated heterocycles. The lowest BCUT2D eigenvalue weighted by Gasteiger charge is -2.08. The van der Waals surface area contributed by atoms with Crippen molar-refractivity contribution in [2.45, 2.75) is 34.1 Å². The molecule has 0 unspecified atom stereocenters. The average Bonchev–Trinajstić information content (AvgIpc) is 3.26. The summed E-state index contributed by atoms with van der Waals surface area (Å²) < 4.78 is 15.8. The third-order valence-electron chi connectivity index (χ3n) is 4.48. The minimum atomic E-state index is -0.621. The van der Waals surface area contributed by atoms with E-state index in [1.54, 1.807) is 24.3 Å². The number of fused-ring (bicyclic) bond motifs is 1. The predicted octanol–water partition coefficient (Wildman–Crippen LogP) is 3.58. The standard InChI is InChI=1S/C21H25N3O5S/c1-5-27-8-6-7-22-18(25)11-28-21(26)16-10-17(15-9-12(2)30-14(15)4)23-20-19(16)13(3)24-29-20/h9-10H,5-8,11H2,1-4H3,(H,22,25). The predicted molar refractivity (Wildman–Crippen MR) is 114 cm³/mol. The normalized spacial score (nSPS) is 11.1. The van der Waals surface area contributed by atoms with E-state index in [0.717, 1.165) is 15.3 Å². The number of ether oxygens (including phenoxy) is 2. The second-order valence-electron chi connectivity index (χ2n) is 6.81. The Kier molecular flexibility index (Phi) is 7.17. The summed E-state index contributed by atoms with van der Waals surface area (Å²) in [4.78, 5) is 31.5. The Morgan fingerprint density at radius 3 is 2.73 bits per heavy atom. The minimum Gasteiger partial charge on any atom is -0.452 e. The Balaban J connectivity index is 1.75. The van der Waals surface area contributed by atoms with E-state index >= 15 is 0 Å². The molecule has 160 valence electrons. The molecule has 0 bridgehead atoms. The highest BCUT2D eigenvalue weighted by atomic mass is 32.1. The number of hydrogen-bond donors (Lipinski definition) is 1. The van der Waals surface area contributed by atoms with E-state index in [1.165, 1.54) is 0 Å². The van der Waals surface area contributed by atoms with Gasteiger partial charge >= 0.3 is 5.97 Å². The highest BCUT2D eigenvalue weighted by Crippen LogP contribution is 2.33. The maximum atomic E-state index is 12.8. The summed E-state index contributed by atoms with van der Waals surface area (Å²) in [6, 6.07) is 3.69. The molecular weight excluding hydrogens is 406 g/mol. The van der Waals surface area contributed by atoms with Gasteiger partial charge in [0.25, 0.3) is 11.6 Å². The van der Waals surface area contributed by atoms with Crippen molar-refractivity contribution in [1.82, 2.24) is 15.5 Å². The van der Waals surface area contributed by atoms with Crippen LogP contribution in [0.1, 0.15) is 39.2 Å². The first-order valence-corrected chi connectivity index (χ1v) is 10.6. The van der Waals surface area contributed by atoms with Crippen molar-refractivity contribution in [2.75, 3.05) is 26.4 Å². The largest absolute Gasteiger partial charge is 0.452 e. The second-order valence-corrected chi connectivity index (χ2v) is 8.27. The molecule has 1 N–H and O–H groups in total. The maximum absolute atomic E-state index is 12.8. The van der Waals surface area contributed by atoms with Crippen molar-refractivity contribution in [3.05, 3.63) is 33.1 Å². The van der Waals surface area contributed by atoms with Crippen LogP contribution in [0.4, 0.5) is 0 Å². The van der Waals surface area contributed by atoms with E-state index in [4.69, 9.17) is 14.0 Å². The number of rotatable bonds is 9. The van der Waals surface area contributed by atoms with E-state index in [0.29, 0.717) is 43.0 Å². The van der Waals surface area contributed by atoms with Crippen LogP contribution in [0.2, 0.25) is 0 Å². The Bertz CT molecular complexity index is 1060. The molecule has 0 spiro atoms. The molecule has 0 atom stereocenters. The molecule has 0 aromatic carbocycles. The summed E-state index contributed by atoms with van der Waals surface area (Å²) in [5.41, 5.74) is 2.61. The molecule has 3 rings (SSSR count). The van der Waals surface area contributed by atoms with E-state index in [1.807, 2.05) is 26.8 Å². The van der Waals surface area contributed by atoms with Crippen molar-refractivity contribution >= 4 is 34.3 Å². The number of hydrogen-bond acceptors (Lipinski definition) is 8. The number of pyridine rings is 1. The number of thiophene rings is 1. The van der Waals surface area contributed by atoms with Crippen LogP contribution in [0.25, 0.3) is 22.4 Å². The van der Waals surface area contributed by atoms with Crippen molar-refractivity contribution in [3.63, 3.8) is 0 Å². The molecular formula is C21H25N3O5S. The van der Waals surface area contributed by atoms with Gasteiger partial charge in [0.1, 0.15) is 0 Å². The van der Waals surface area contributed by atoms with Crippen LogP contribution in [0.15, 0.2) is 16.7 Å². The average molecular weight is 432 g/mol. The van der Waals surface area contributed by atoms with E-state index in [9.17, 15) is 9.59 Å². The summed E-state index contributed by atoms with van der Waals surface area (Å²) >= 11 is 1.65. The summed E-state index contributed by atoms with van der Waals surface area (Å²) in [7, 11) is 0. The summed E-state index contributed by atoms with van der Waals surface area (Å²) in [5.74, 6) is -0.985. The highest BCUT2D eigenvalue weighted by molar-refractivity contribution is 7.12. The zero-order chi connectivity index (χ0) is 21.7. The van der Waals surface area contributed by atoms with Gasteiger partial charge in [0.05, 0.1) is 22.3 Å². The van der Waals surface area contributed by atoms with Crippen molar-refractivity contribution in [3.8, 4) is 11.3 Å². The molecule has 3 heterocycles. The molecule has 0 aliphatic carbocycles. The van der Waals surface area contributed by atoms with Crippen LogP contribution in [0.3, 0.4) is 0 Å². The fourth-order valence-electron chi connectivity index (χ4n) is 3.09. The molecule has 0 saturated carbocycles. The smallest absolute Gasteiger partial charge is 0.339 e. The van der Waals surface area contributed by atoms with Crippen LogP contribution in [0.5, 0.6) is 0 Å². The molecule has 3 aromatic rings. The van der Waals surface area contributed by atoms with Gasteiger partial charge in [-0.1, -0.05) is 5.16 Å². The topological polar surface area (TPSA) is 104 Å². The van der Waals surface area contributed by atoms with Gasteiger partial charge in [0.15, 0.2) is 6.61 Å². The number of nitrogens with one attached hydrogen (secondary N) is 1. The summed E-state index contributed by atoms with van der Waals surface area (Å²) in [6.07, 6.45) is 0.696. The first-order valence-electron chi connectivity index (χ1n) is 9.76. The summed E-state index contributed by atoms with van der Waals surface area (Å²) in [5, 5.41) is 7.12. The number of aromatic nitrogens is 2. The monoisotopic (exact) mass is 431 g/mol. The molecule has 0 fully saturated rings. The Morgan fingerprint density at radius 2 is 2.03 bits per heavy atom. The number of carbonyl (C=O) groups is 2. The zero-order valence-corrected chi connectivity index (χ0v) is 18.4. The van der Waals surface area contributed by atoms with Crippen LogP contribution in [-0.2, 0) is 14.3 Å². The number of esters is 1. The fraction of sp³-hybridized carbons (Fsp3) is 0.429. The van der Waals surface area contributed by atoms with Gasteiger partial charge in [-0.25, -0.2) is 9.78 Å². The highest BCUT2D eigenvalue weighted by Gasteiger charge is 2.22. The third-order valence-corrected chi connectivity index (χ3v) is 5.45. The lowest BCUT2D eigenvalue weighted by Crippen LogP contribution is -2.30. The number of amides is 1. The van der Waals surface area contributed by atoms with Gasteiger partial charge in [-0.15, -0.1) is 11.3 Å². The minimum absolute atomic E-state index is 0.264. The van der Waals surface area contributed by atoms with Crippen LogP contribution >= 0.6 is 11.3 Å². The first kappa shape index (κ1) is 21.9. The van der Waals surface area contributed by atoms with Gasteiger partial charge in [-0.2, -0.15) is 0 Å². The second kappa shape index (κ2) is 9.82. The van der Waals surface area contributed by atoms with Crippen LogP contribution in [0, 0.1) is 20.8 Å². The lowest BCUT2D eigenvalue weighted by atomic mass is 10.1. The number of aryl methyl sites for hydroxylation is 3. The lowest BCUT2D eigenvalue weighted by molar-refractivity contribution is -0.124. The molecule has 1 amide bonds. The molecule has 0 aliphatic heterocycles. The Hall–Kier alpha value is -2.78. The van der Waals surface area contributed by atoms with Crippen LogP contribution < -0.4 is 5.32 Å². The maximum Gasteiger partial charge on any atom is 0.339 e. The third kappa shape index (κ3) is 5.03. The Labute approximate surface area is 178 Å². The van der Waals surface area contributed by atoms with E-state index < -0.39 is 5.97 Å². The Morgan fingerprint density at radius 1 is 1.23 bits per heavy atom.